The van der Waals surface area contributed by atoms with E-state index in [-0.39, 0.29) is 0 Å². The predicted molar refractivity (Wildman–Crippen MR) is 133 cm³/mol. The van der Waals surface area contributed by atoms with E-state index in [1.54, 1.807) is 7.05 Å². The second-order valence-corrected chi connectivity index (χ2v) is 9.06. The van der Waals surface area contributed by atoms with E-state index < -0.39 is 11.5 Å². The van der Waals surface area contributed by atoms with Crippen LogP contribution in [0, 0.1) is 0 Å². The molecule has 0 saturated carbocycles. The zero-order valence-electron chi connectivity index (χ0n) is 18.4. The molecule has 2 aromatic heterocycles. The van der Waals surface area contributed by atoms with Gasteiger partial charge in [0.05, 0.1) is 5.02 Å². The van der Waals surface area contributed by atoms with Crippen LogP contribution in [0.2, 0.25) is 10.0 Å². The molecule has 0 unspecified atom stereocenters. The van der Waals surface area contributed by atoms with Crippen molar-refractivity contribution in [3.05, 3.63) is 64.9 Å². The topological polar surface area (TPSA) is 96.2 Å². The van der Waals surface area contributed by atoms with E-state index in [4.69, 9.17) is 28.2 Å². The molecule has 4 aromatic rings. The van der Waals surface area contributed by atoms with Gasteiger partial charge in [-0.2, -0.15) is 0 Å². The van der Waals surface area contributed by atoms with E-state index in [0.29, 0.717) is 58.8 Å². The predicted octanol–water partition coefficient (Wildman–Crippen LogP) is 4.43. The van der Waals surface area contributed by atoms with Gasteiger partial charge in [0.2, 0.25) is 0 Å². The average molecular weight is 497 g/mol. The number of hydrogen-bond acceptors (Lipinski definition) is 6. The first-order valence-electron chi connectivity index (χ1n) is 10.8. The van der Waals surface area contributed by atoms with Gasteiger partial charge >= 0.3 is 5.97 Å². The largest absolute Gasteiger partial charge is 0.480 e. The zero-order chi connectivity index (χ0) is 23.9. The molecule has 0 spiro atoms. The second-order valence-electron chi connectivity index (χ2n) is 8.22. The lowest BCUT2D eigenvalue weighted by Crippen LogP contribution is -2.57. The van der Waals surface area contributed by atoms with Gasteiger partial charge in [0.1, 0.15) is 17.7 Å². The number of benzene rings is 2. The van der Waals surface area contributed by atoms with Gasteiger partial charge in [-0.25, -0.2) is 15.0 Å². The van der Waals surface area contributed by atoms with E-state index >= 15 is 0 Å². The average Bonchev–Trinajstić information content (AvgIpc) is 3.24. The van der Waals surface area contributed by atoms with Crippen molar-refractivity contribution in [2.75, 3.05) is 25.0 Å². The number of carbonyl (C=O) groups is 1. The van der Waals surface area contributed by atoms with E-state index in [2.05, 4.69) is 20.2 Å². The third-order valence-corrected chi connectivity index (χ3v) is 7.01. The molecule has 0 bridgehead atoms. The SMILES string of the molecule is CNC1(C(=O)O)CCN(c2ncnc3c2nc(-c2ccccc2Cl)n3-c2ccc(Cl)cc2)CC1. The smallest absolute Gasteiger partial charge is 0.324 e. The lowest BCUT2D eigenvalue weighted by molar-refractivity contribution is -0.145. The summed E-state index contributed by atoms with van der Waals surface area (Å²) in [6.07, 6.45) is 2.40. The van der Waals surface area contributed by atoms with Gasteiger partial charge < -0.3 is 15.3 Å². The van der Waals surface area contributed by atoms with Crippen LogP contribution in [0.3, 0.4) is 0 Å². The maximum absolute atomic E-state index is 11.8. The molecule has 5 rings (SSSR count). The number of halogens is 2. The molecule has 174 valence electrons. The monoisotopic (exact) mass is 496 g/mol. The highest BCUT2D eigenvalue weighted by Crippen LogP contribution is 2.36. The Morgan fingerprint density at radius 1 is 1.06 bits per heavy atom. The van der Waals surface area contributed by atoms with Crippen LogP contribution in [0.5, 0.6) is 0 Å². The van der Waals surface area contributed by atoms with Crippen molar-refractivity contribution in [1.29, 1.82) is 0 Å². The first kappa shape index (κ1) is 22.6. The van der Waals surface area contributed by atoms with Crippen LogP contribution in [-0.2, 0) is 4.79 Å². The van der Waals surface area contributed by atoms with Crippen LogP contribution in [0.4, 0.5) is 5.82 Å². The molecular weight excluding hydrogens is 475 g/mol. The molecule has 10 heteroatoms. The zero-order valence-corrected chi connectivity index (χ0v) is 19.9. The number of aromatic nitrogens is 4. The van der Waals surface area contributed by atoms with Crippen LogP contribution in [-0.4, -0.2) is 56.3 Å². The summed E-state index contributed by atoms with van der Waals surface area (Å²) in [5.41, 5.74) is 1.92. The summed E-state index contributed by atoms with van der Waals surface area (Å²) in [5.74, 6) is 0.466. The van der Waals surface area contributed by atoms with Crippen LogP contribution in [0.25, 0.3) is 28.2 Å². The number of carboxylic acid groups (broad SMARTS) is 1. The lowest BCUT2D eigenvalue weighted by Gasteiger charge is -2.39. The van der Waals surface area contributed by atoms with E-state index in [9.17, 15) is 9.90 Å². The number of nitrogens with one attached hydrogen (secondary N) is 1. The summed E-state index contributed by atoms with van der Waals surface area (Å²) in [4.78, 5) is 28.0. The number of fused-ring (bicyclic) bond motifs is 1. The van der Waals surface area contributed by atoms with Crippen molar-refractivity contribution in [3.63, 3.8) is 0 Å². The summed E-state index contributed by atoms with van der Waals surface area (Å²) < 4.78 is 1.94. The minimum absolute atomic E-state index is 0.444. The Balaban J connectivity index is 1.66. The number of likely N-dealkylation sites (N-methyl/N-ethyl adjacent to an activating group) is 1. The van der Waals surface area contributed by atoms with Crippen molar-refractivity contribution in [2.45, 2.75) is 18.4 Å². The molecular formula is C24H22Cl2N6O2. The molecule has 0 aliphatic carbocycles. The highest BCUT2D eigenvalue weighted by atomic mass is 35.5. The Morgan fingerprint density at radius 2 is 1.76 bits per heavy atom. The van der Waals surface area contributed by atoms with Gasteiger partial charge in [-0.05, 0) is 56.3 Å². The summed E-state index contributed by atoms with van der Waals surface area (Å²) in [5, 5.41) is 13.9. The van der Waals surface area contributed by atoms with E-state index in [1.807, 2.05) is 53.1 Å². The molecule has 2 N–H and O–H groups in total. The summed E-state index contributed by atoms with van der Waals surface area (Å²) >= 11 is 12.7. The molecule has 3 heterocycles. The maximum Gasteiger partial charge on any atom is 0.324 e. The fourth-order valence-corrected chi connectivity index (χ4v) is 4.79. The summed E-state index contributed by atoms with van der Waals surface area (Å²) in [6, 6.07) is 15.0. The fraction of sp³-hybridized carbons (Fsp3) is 0.250. The molecule has 1 fully saturated rings. The molecule has 0 atom stereocenters. The third-order valence-electron chi connectivity index (χ3n) is 6.43. The Kier molecular flexibility index (Phi) is 5.89. The van der Waals surface area contributed by atoms with Crippen molar-refractivity contribution in [1.82, 2.24) is 24.8 Å². The molecule has 1 aliphatic heterocycles. The second kappa shape index (κ2) is 8.87. The number of hydrogen-bond donors (Lipinski definition) is 2. The van der Waals surface area contributed by atoms with Crippen molar-refractivity contribution >= 4 is 46.2 Å². The number of rotatable bonds is 5. The minimum atomic E-state index is -0.936. The summed E-state index contributed by atoms with van der Waals surface area (Å²) in [7, 11) is 1.69. The normalized spacial score (nSPS) is 15.6. The van der Waals surface area contributed by atoms with Gasteiger partial charge in [-0.1, -0.05) is 35.3 Å². The Labute approximate surface area is 206 Å². The van der Waals surface area contributed by atoms with Crippen LogP contribution in [0.15, 0.2) is 54.9 Å². The van der Waals surface area contributed by atoms with Gasteiger partial charge in [-0.15, -0.1) is 0 Å². The number of nitrogens with zero attached hydrogens (tertiary/aromatic N) is 5. The molecule has 34 heavy (non-hydrogen) atoms. The minimum Gasteiger partial charge on any atom is -0.480 e. The molecule has 8 nitrogen and oxygen atoms in total. The molecule has 1 aliphatic rings. The van der Waals surface area contributed by atoms with Gasteiger partial charge in [0.25, 0.3) is 0 Å². The van der Waals surface area contributed by atoms with Crippen LogP contribution in [0.1, 0.15) is 12.8 Å². The quantitative estimate of drug-likeness (QED) is 0.421. The van der Waals surface area contributed by atoms with E-state index in [1.165, 1.54) is 6.33 Å². The standard InChI is InChI=1S/C24H22Cl2N6O2/c1-27-24(23(33)34)10-12-31(13-11-24)21-19-22(29-14-28-21)32(16-8-6-15(25)7-9-16)20(30-19)17-4-2-3-5-18(17)26/h2-9,14,27H,10-13H2,1H3,(H,33,34). The number of aliphatic carboxylic acids is 1. The Hall–Kier alpha value is -3.20. The number of carboxylic acids is 1. The molecule has 1 saturated heterocycles. The number of anilines is 1. The van der Waals surface area contributed by atoms with Crippen molar-refractivity contribution < 1.29 is 9.90 Å². The Bertz CT molecular complexity index is 1360. The first-order valence-corrected chi connectivity index (χ1v) is 11.6. The maximum atomic E-state index is 11.8. The highest BCUT2D eigenvalue weighted by Gasteiger charge is 2.41. The molecule has 0 radical (unpaired) electrons. The highest BCUT2D eigenvalue weighted by molar-refractivity contribution is 6.33. The Morgan fingerprint density at radius 3 is 2.41 bits per heavy atom. The lowest BCUT2D eigenvalue weighted by atomic mass is 9.88. The number of imidazole rings is 1. The van der Waals surface area contributed by atoms with Gasteiger partial charge in [0.15, 0.2) is 17.0 Å². The fourth-order valence-electron chi connectivity index (χ4n) is 4.44. The first-order chi connectivity index (χ1) is 16.4. The van der Waals surface area contributed by atoms with Gasteiger partial charge in [-0.3, -0.25) is 9.36 Å². The third kappa shape index (κ3) is 3.77. The van der Waals surface area contributed by atoms with Crippen LogP contribution < -0.4 is 10.2 Å². The molecule has 2 aromatic carbocycles. The van der Waals surface area contributed by atoms with E-state index in [0.717, 1.165) is 11.3 Å². The van der Waals surface area contributed by atoms with Gasteiger partial charge in [0, 0.05) is 29.4 Å². The summed E-state index contributed by atoms with van der Waals surface area (Å²) in [6.45, 7) is 1.04. The molecule has 0 amide bonds. The van der Waals surface area contributed by atoms with Crippen LogP contribution >= 0.6 is 23.2 Å². The van der Waals surface area contributed by atoms with Crippen molar-refractivity contribution in [3.8, 4) is 17.1 Å². The van der Waals surface area contributed by atoms with Crippen molar-refractivity contribution in [2.24, 2.45) is 0 Å². The number of piperidine rings is 1.